The number of ether oxygens (including phenoxy) is 3. The number of aliphatic carboxylic acids is 1. The number of hydrogen-bond donors (Lipinski definition) is 2. The molecule has 1 saturated heterocycles. The number of carboxylic acid groups (broad SMARTS) is 1. The summed E-state index contributed by atoms with van der Waals surface area (Å²) in [7, 11) is 1.54. The molecule has 1 aromatic heterocycles. The molecule has 3 unspecified atom stereocenters. The van der Waals surface area contributed by atoms with Crippen LogP contribution in [-0.4, -0.2) is 89.4 Å². The number of nitrogens with zero attached hydrogens (tertiary/aromatic N) is 4. The molecule has 38 heavy (non-hydrogen) atoms. The maximum atomic E-state index is 13.4. The molecule has 0 bridgehead atoms. The van der Waals surface area contributed by atoms with Crippen LogP contribution in [0, 0.1) is 5.92 Å². The van der Waals surface area contributed by atoms with E-state index in [2.05, 4.69) is 16.9 Å². The van der Waals surface area contributed by atoms with Crippen molar-refractivity contribution >= 4 is 11.9 Å². The molecular weight excluding hydrogens is 490 g/mol. The van der Waals surface area contributed by atoms with Gasteiger partial charge in [0.15, 0.2) is 11.5 Å². The zero-order chi connectivity index (χ0) is 27.1. The molecule has 4 rings (SSSR count). The largest absolute Gasteiger partial charge is 0.493 e. The molecule has 0 spiro atoms. The number of fused-ring (bicyclic) bond motifs is 1. The molecule has 1 fully saturated rings. The summed E-state index contributed by atoms with van der Waals surface area (Å²) in [6, 6.07) is 5.00. The van der Waals surface area contributed by atoms with Gasteiger partial charge in [0.05, 0.1) is 19.6 Å². The van der Waals surface area contributed by atoms with Crippen molar-refractivity contribution in [2.75, 3.05) is 46.6 Å². The summed E-state index contributed by atoms with van der Waals surface area (Å²) in [4.78, 5) is 38.5. The lowest BCUT2D eigenvalue weighted by Gasteiger charge is -2.29. The first kappa shape index (κ1) is 27.6. The van der Waals surface area contributed by atoms with Crippen molar-refractivity contribution in [3.05, 3.63) is 42.0 Å². The fourth-order valence-electron chi connectivity index (χ4n) is 5.43. The Morgan fingerprint density at radius 1 is 1.24 bits per heavy atom. The molecular formula is C27H37N5O6. The number of hydrogen-bond acceptors (Lipinski definition) is 9. The Balaban J connectivity index is 1.64. The maximum Gasteiger partial charge on any atom is 0.308 e. The van der Waals surface area contributed by atoms with Crippen LogP contribution in [0.5, 0.6) is 17.2 Å². The van der Waals surface area contributed by atoms with Gasteiger partial charge in [0, 0.05) is 57.0 Å². The van der Waals surface area contributed by atoms with Crippen molar-refractivity contribution in [1.29, 1.82) is 0 Å². The van der Waals surface area contributed by atoms with Gasteiger partial charge in [-0.1, -0.05) is 13.3 Å². The SMILES string of the molecule is CCCCN(CCN)C(=O)CN1CC(c2cc(OC)c3c(c2)OCO3)C(C(=O)O)C1CCc1ncccn1. The Morgan fingerprint density at radius 3 is 2.71 bits per heavy atom. The second-order valence-corrected chi connectivity index (χ2v) is 9.65. The van der Waals surface area contributed by atoms with Gasteiger partial charge in [0.25, 0.3) is 0 Å². The molecule has 11 nitrogen and oxygen atoms in total. The summed E-state index contributed by atoms with van der Waals surface area (Å²) in [5, 5.41) is 10.4. The lowest BCUT2D eigenvalue weighted by molar-refractivity contribution is -0.143. The first-order chi connectivity index (χ1) is 18.5. The smallest absolute Gasteiger partial charge is 0.308 e. The van der Waals surface area contributed by atoms with Crippen molar-refractivity contribution in [3.8, 4) is 17.2 Å². The number of amides is 1. The number of rotatable bonds is 13. The number of unbranched alkanes of at least 4 members (excludes halogenated alkanes) is 1. The van der Waals surface area contributed by atoms with Gasteiger partial charge in [0.1, 0.15) is 5.82 Å². The zero-order valence-electron chi connectivity index (χ0n) is 22.0. The second kappa shape index (κ2) is 12.9. The third-order valence-electron chi connectivity index (χ3n) is 7.30. The van der Waals surface area contributed by atoms with E-state index in [9.17, 15) is 14.7 Å². The average Bonchev–Trinajstić information content (AvgIpc) is 3.54. The van der Waals surface area contributed by atoms with E-state index in [1.54, 1.807) is 30.5 Å². The second-order valence-electron chi connectivity index (χ2n) is 9.65. The molecule has 3 atom stereocenters. The van der Waals surface area contributed by atoms with E-state index in [4.69, 9.17) is 19.9 Å². The molecule has 2 aliphatic heterocycles. The van der Waals surface area contributed by atoms with Gasteiger partial charge in [-0.05, 0) is 36.6 Å². The van der Waals surface area contributed by atoms with Crippen LogP contribution >= 0.6 is 0 Å². The Kier molecular flexibility index (Phi) is 9.35. The predicted molar refractivity (Wildman–Crippen MR) is 139 cm³/mol. The maximum absolute atomic E-state index is 13.4. The molecule has 1 aromatic carbocycles. The topological polar surface area (TPSA) is 140 Å². The highest BCUT2D eigenvalue weighted by Gasteiger charge is 2.47. The number of benzene rings is 1. The van der Waals surface area contributed by atoms with Gasteiger partial charge < -0.3 is 30.0 Å². The van der Waals surface area contributed by atoms with E-state index >= 15 is 0 Å². The third-order valence-corrected chi connectivity index (χ3v) is 7.30. The lowest BCUT2D eigenvalue weighted by Crippen LogP contribution is -2.45. The summed E-state index contributed by atoms with van der Waals surface area (Å²) >= 11 is 0. The van der Waals surface area contributed by atoms with Gasteiger partial charge in [-0.25, -0.2) is 9.97 Å². The fraction of sp³-hybridized carbons (Fsp3) is 0.556. The van der Waals surface area contributed by atoms with Crippen LogP contribution in [0.2, 0.25) is 0 Å². The normalized spacial score (nSPS) is 20.4. The lowest BCUT2D eigenvalue weighted by atomic mass is 9.83. The Hall–Kier alpha value is -3.44. The number of likely N-dealkylation sites (tertiary alicyclic amines) is 1. The van der Waals surface area contributed by atoms with Crippen LogP contribution in [-0.2, 0) is 16.0 Å². The fourth-order valence-corrected chi connectivity index (χ4v) is 5.43. The van der Waals surface area contributed by atoms with Crippen LogP contribution < -0.4 is 19.9 Å². The van der Waals surface area contributed by atoms with Gasteiger partial charge in [-0.15, -0.1) is 0 Å². The first-order valence-corrected chi connectivity index (χ1v) is 13.1. The number of methoxy groups -OCH3 is 1. The molecule has 11 heteroatoms. The third kappa shape index (κ3) is 6.16. The zero-order valence-corrected chi connectivity index (χ0v) is 22.0. The summed E-state index contributed by atoms with van der Waals surface area (Å²) in [5.41, 5.74) is 6.56. The standard InChI is InChI=1S/C27H37N5O6/c1-3-4-11-31(12-8-28)24(33)16-32-15-19(18-13-21(36-2)26-22(14-18)37-17-38-26)25(27(34)35)20(32)6-7-23-29-9-5-10-30-23/h5,9-10,13-14,19-20,25H,3-4,6-8,11-12,15-17,28H2,1-2H3,(H,34,35). The molecule has 2 aromatic rings. The molecule has 3 N–H and O–H groups in total. The van der Waals surface area contributed by atoms with Crippen molar-refractivity contribution in [2.24, 2.45) is 11.7 Å². The molecule has 2 aliphatic rings. The van der Waals surface area contributed by atoms with Crippen LogP contribution in [0.25, 0.3) is 0 Å². The quantitative estimate of drug-likeness (QED) is 0.397. The number of carbonyl (C=O) groups excluding carboxylic acids is 1. The molecule has 0 saturated carbocycles. The number of nitrogens with two attached hydrogens (primary N) is 1. The van der Waals surface area contributed by atoms with Gasteiger partial charge in [0.2, 0.25) is 18.4 Å². The molecule has 0 radical (unpaired) electrons. The van der Waals surface area contributed by atoms with Gasteiger partial charge in [-0.2, -0.15) is 0 Å². The highest BCUT2D eigenvalue weighted by Crippen LogP contribution is 2.47. The predicted octanol–water partition coefficient (Wildman–Crippen LogP) is 1.90. The summed E-state index contributed by atoms with van der Waals surface area (Å²) < 4.78 is 16.6. The van der Waals surface area contributed by atoms with Crippen LogP contribution in [0.3, 0.4) is 0 Å². The van der Waals surface area contributed by atoms with Crippen molar-refractivity contribution in [1.82, 2.24) is 19.8 Å². The first-order valence-electron chi connectivity index (χ1n) is 13.1. The minimum Gasteiger partial charge on any atom is -0.493 e. The number of aromatic nitrogens is 2. The van der Waals surface area contributed by atoms with E-state index < -0.39 is 17.9 Å². The number of carboxylic acids is 1. The minimum atomic E-state index is -0.912. The Morgan fingerprint density at radius 2 is 2.03 bits per heavy atom. The van der Waals surface area contributed by atoms with Gasteiger partial charge >= 0.3 is 5.97 Å². The van der Waals surface area contributed by atoms with Crippen LogP contribution in [0.4, 0.5) is 0 Å². The van der Waals surface area contributed by atoms with Crippen molar-refractivity contribution < 1.29 is 28.9 Å². The highest BCUT2D eigenvalue weighted by molar-refractivity contribution is 5.79. The molecule has 1 amide bonds. The summed E-state index contributed by atoms with van der Waals surface area (Å²) in [5.74, 6) is 0.0862. The van der Waals surface area contributed by atoms with E-state index in [0.717, 1.165) is 18.4 Å². The molecule has 0 aliphatic carbocycles. The summed E-state index contributed by atoms with van der Waals surface area (Å²) in [6.45, 7) is 4.16. The van der Waals surface area contributed by atoms with Crippen LogP contribution in [0.15, 0.2) is 30.6 Å². The van der Waals surface area contributed by atoms with E-state index in [1.165, 1.54) is 0 Å². The van der Waals surface area contributed by atoms with Crippen molar-refractivity contribution in [2.45, 2.75) is 44.6 Å². The molecule has 206 valence electrons. The average molecular weight is 528 g/mol. The summed E-state index contributed by atoms with van der Waals surface area (Å²) in [6.07, 6.45) is 6.20. The highest BCUT2D eigenvalue weighted by atomic mass is 16.7. The number of aryl methyl sites for hydroxylation is 1. The molecule has 3 heterocycles. The number of carbonyl (C=O) groups is 2. The van der Waals surface area contributed by atoms with E-state index in [1.807, 2.05) is 17.0 Å². The van der Waals surface area contributed by atoms with Crippen LogP contribution in [0.1, 0.15) is 43.5 Å². The minimum absolute atomic E-state index is 0.0436. The Bertz CT molecular complexity index is 1100. The van der Waals surface area contributed by atoms with E-state index in [-0.39, 0.29) is 25.2 Å². The Labute approximate surface area is 222 Å². The van der Waals surface area contributed by atoms with Crippen molar-refractivity contribution in [3.63, 3.8) is 0 Å². The van der Waals surface area contributed by atoms with E-state index in [0.29, 0.717) is 62.1 Å². The van der Waals surface area contributed by atoms with Gasteiger partial charge in [-0.3, -0.25) is 14.5 Å². The monoisotopic (exact) mass is 527 g/mol.